The first-order valence-electron chi connectivity index (χ1n) is 9.05. The fourth-order valence-electron chi connectivity index (χ4n) is 3.13. The summed E-state index contributed by atoms with van der Waals surface area (Å²) in [6, 6.07) is 8.24. The maximum Gasteiger partial charge on any atom is 0.233 e. The Morgan fingerprint density at radius 1 is 1.31 bits per heavy atom. The van der Waals surface area contributed by atoms with E-state index in [1.807, 2.05) is 47.7 Å². The highest BCUT2D eigenvalue weighted by Gasteiger charge is 2.23. The number of benzene rings is 1. The van der Waals surface area contributed by atoms with Gasteiger partial charge in [0.15, 0.2) is 11.0 Å². The monoisotopic (exact) mass is 374 g/mol. The van der Waals surface area contributed by atoms with Crippen LogP contribution in [0.5, 0.6) is 5.75 Å². The molecule has 1 fully saturated rings. The van der Waals surface area contributed by atoms with Crippen LogP contribution in [0.15, 0.2) is 29.4 Å². The first kappa shape index (κ1) is 18.8. The molecule has 6 nitrogen and oxygen atoms in total. The minimum absolute atomic E-state index is 0.183. The fraction of sp³-hybridized carbons (Fsp3) is 0.526. The van der Waals surface area contributed by atoms with E-state index in [1.165, 1.54) is 18.2 Å². The van der Waals surface area contributed by atoms with Crippen LogP contribution in [0.1, 0.15) is 37.6 Å². The van der Waals surface area contributed by atoms with Gasteiger partial charge < -0.3 is 14.2 Å². The van der Waals surface area contributed by atoms with E-state index < -0.39 is 0 Å². The largest absolute Gasteiger partial charge is 0.485 e. The quantitative estimate of drug-likeness (QED) is 0.727. The summed E-state index contributed by atoms with van der Waals surface area (Å²) in [6.45, 7) is 5.37. The van der Waals surface area contributed by atoms with Crippen molar-refractivity contribution in [3.8, 4) is 5.75 Å². The molecule has 1 aliphatic rings. The van der Waals surface area contributed by atoms with Gasteiger partial charge in [-0.3, -0.25) is 4.79 Å². The third kappa shape index (κ3) is 4.38. The number of amides is 1. The molecule has 0 N–H and O–H groups in total. The van der Waals surface area contributed by atoms with Crippen molar-refractivity contribution in [2.24, 2.45) is 7.05 Å². The number of hydrogen-bond donors (Lipinski definition) is 0. The van der Waals surface area contributed by atoms with Crippen LogP contribution in [-0.2, 0) is 18.4 Å². The molecule has 7 heteroatoms. The third-order valence-corrected chi connectivity index (χ3v) is 5.83. The van der Waals surface area contributed by atoms with E-state index in [9.17, 15) is 4.79 Å². The second-order valence-corrected chi connectivity index (χ2v) is 7.68. The third-order valence-electron chi connectivity index (χ3n) is 4.82. The van der Waals surface area contributed by atoms with Gasteiger partial charge in [0.25, 0.3) is 0 Å². The van der Waals surface area contributed by atoms with E-state index in [0.29, 0.717) is 18.4 Å². The molecule has 140 valence electrons. The second-order valence-electron chi connectivity index (χ2n) is 6.73. The lowest BCUT2D eigenvalue weighted by Gasteiger charge is -2.33. The van der Waals surface area contributed by atoms with Crippen molar-refractivity contribution in [1.29, 1.82) is 0 Å². The van der Waals surface area contributed by atoms with Crippen LogP contribution in [0.3, 0.4) is 0 Å². The Kier molecular flexibility index (Phi) is 6.19. The predicted octanol–water partition coefficient (Wildman–Crippen LogP) is 3.20. The standard InChI is InChI=1S/C19H26N4O2S/c1-14-8-4-5-10-16(14)25-12-17-20-21-19(22(17)3)26-13-18(24)23-11-7-6-9-15(23)2/h4-5,8,10,15H,6-7,9,11-13H2,1-3H3/t15-/m0/s1. The van der Waals surface area contributed by atoms with E-state index in [2.05, 4.69) is 17.1 Å². The van der Waals surface area contributed by atoms with Gasteiger partial charge in [-0.15, -0.1) is 10.2 Å². The number of thioether (sulfide) groups is 1. The minimum Gasteiger partial charge on any atom is -0.485 e. The Labute approximate surface area is 158 Å². The normalized spacial score (nSPS) is 17.3. The van der Waals surface area contributed by atoms with Crippen molar-refractivity contribution in [2.45, 2.75) is 50.9 Å². The molecule has 26 heavy (non-hydrogen) atoms. The van der Waals surface area contributed by atoms with Crippen LogP contribution in [0.25, 0.3) is 0 Å². The van der Waals surface area contributed by atoms with Crippen molar-refractivity contribution >= 4 is 17.7 Å². The number of carbonyl (C=O) groups is 1. The average Bonchev–Trinajstić information content (AvgIpc) is 2.99. The number of rotatable bonds is 6. The molecule has 1 aromatic heterocycles. The summed E-state index contributed by atoms with van der Waals surface area (Å²) in [5.41, 5.74) is 1.09. The molecule has 3 rings (SSSR count). The molecular weight excluding hydrogens is 348 g/mol. The van der Waals surface area contributed by atoms with Crippen molar-refractivity contribution in [3.05, 3.63) is 35.7 Å². The van der Waals surface area contributed by atoms with Crippen molar-refractivity contribution in [2.75, 3.05) is 12.3 Å². The molecular formula is C19H26N4O2S. The number of piperidine rings is 1. The van der Waals surface area contributed by atoms with Crippen LogP contribution in [0.4, 0.5) is 0 Å². The molecule has 2 heterocycles. The van der Waals surface area contributed by atoms with E-state index in [0.717, 1.165) is 41.7 Å². The van der Waals surface area contributed by atoms with Crippen LogP contribution >= 0.6 is 11.8 Å². The zero-order valence-corrected chi connectivity index (χ0v) is 16.5. The Hall–Kier alpha value is -2.02. The smallest absolute Gasteiger partial charge is 0.233 e. The summed E-state index contributed by atoms with van der Waals surface area (Å²) in [4.78, 5) is 14.5. The SMILES string of the molecule is Cc1ccccc1OCc1nnc(SCC(=O)N2CCCC[C@@H]2C)n1C. The highest BCUT2D eigenvalue weighted by atomic mass is 32.2. The van der Waals surface area contributed by atoms with Gasteiger partial charge in [0.1, 0.15) is 12.4 Å². The van der Waals surface area contributed by atoms with Gasteiger partial charge >= 0.3 is 0 Å². The predicted molar refractivity (Wildman–Crippen MR) is 102 cm³/mol. The molecule has 2 aromatic rings. The second kappa shape index (κ2) is 8.58. The van der Waals surface area contributed by atoms with E-state index in [4.69, 9.17) is 4.74 Å². The summed E-state index contributed by atoms with van der Waals surface area (Å²) in [6.07, 6.45) is 3.41. The highest BCUT2D eigenvalue weighted by Crippen LogP contribution is 2.22. The van der Waals surface area contributed by atoms with Crippen molar-refractivity contribution in [3.63, 3.8) is 0 Å². The van der Waals surface area contributed by atoms with Gasteiger partial charge in [0.2, 0.25) is 5.91 Å². The molecule has 1 amide bonds. The van der Waals surface area contributed by atoms with E-state index in [-0.39, 0.29) is 5.91 Å². The maximum atomic E-state index is 12.5. The lowest BCUT2D eigenvalue weighted by molar-refractivity contribution is -0.131. The summed E-state index contributed by atoms with van der Waals surface area (Å²) >= 11 is 1.44. The molecule has 1 saturated heterocycles. The minimum atomic E-state index is 0.183. The number of para-hydroxylation sites is 1. The molecule has 0 aliphatic carbocycles. The van der Waals surface area contributed by atoms with Crippen LogP contribution in [0.2, 0.25) is 0 Å². The van der Waals surface area contributed by atoms with Crippen LogP contribution in [0, 0.1) is 6.92 Å². The zero-order valence-electron chi connectivity index (χ0n) is 15.6. The average molecular weight is 375 g/mol. The van der Waals surface area contributed by atoms with Crippen molar-refractivity contribution in [1.82, 2.24) is 19.7 Å². The van der Waals surface area contributed by atoms with Gasteiger partial charge in [-0.1, -0.05) is 30.0 Å². The van der Waals surface area contributed by atoms with E-state index in [1.54, 1.807) is 0 Å². The number of carbonyl (C=O) groups excluding carboxylic acids is 1. The summed E-state index contributed by atoms with van der Waals surface area (Å²) in [5, 5.41) is 9.16. The van der Waals surface area contributed by atoms with Gasteiger partial charge in [-0.2, -0.15) is 0 Å². The lowest BCUT2D eigenvalue weighted by Crippen LogP contribution is -2.42. The number of aryl methyl sites for hydroxylation is 1. The lowest BCUT2D eigenvalue weighted by atomic mass is 10.0. The first-order chi connectivity index (χ1) is 12.6. The highest BCUT2D eigenvalue weighted by molar-refractivity contribution is 7.99. The molecule has 0 saturated carbocycles. The van der Waals surface area contributed by atoms with E-state index >= 15 is 0 Å². The number of hydrogen-bond acceptors (Lipinski definition) is 5. The zero-order chi connectivity index (χ0) is 18.5. The van der Waals surface area contributed by atoms with Crippen molar-refractivity contribution < 1.29 is 9.53 Å². The van der Waals surface area contributed by atoms with Gasteiger partial charge in [0.05, 0.1) is 5.75 Å². The summed E-state index contributed by atoms with van der Waals surface area (Å²) in [7, 11) is 1.91. The molecule has 0 bridgehead atoms. The fourth-order valence-corrected chi connectivity index (χ4v) is 3.95. The molecule has 0 radical (unpaired) electrons. The molecule has 1 aromatic carbocycles. The van der Waals surface area contributed by atoms with Gasteiger partial charge in [0, 0.05) is 19.6 Å². The molecule has 0 unspecified atom stereocenters. The number of nitrogens with zero attached hydrogens (tertiary/aromatic N) is 4. The van der Waals surface area contributed by atoms with Crippen LogP contribution in [-0.4, -0.2) is 43.9 Å². The number of likely N-dealkylation sites (tertiary alicyclic amines) is 1. The number of aromatic nitrogens is 3. The Morgan fingerprint density at radius 2 is 2.12 bits per heavy atom. The Morgan fingerprint density at radius 3 is 2.88 bits per heavy atom. The molecule has 1 atom stereocenters. The van der Waals surface area contributed by atoms with Gasteiger partial charge in [-0.25, -0.2) is 0 Å². The first-order valence-corrected chi connectivity index (χ1v) is 10.0. The Balaban J connectivity index is 1.55. The molecule has 1 aliphatic heterocycles. The van der Waals surface area contributed by atoms with Gasteiger partial charge in [-0.05, 0) is 44.7 Å². The Bertz CT molecular complexity index is 762. The summed E-state index contributed by atoms with van der Waals surface area (Å²) < 4.78 is 7.74. The topological polar surface area (TPSA) is 60.3 Å². The summed E-state index contributed by atoms with van der Waals surface area (Å²) in [5.74, 6) is 2.17. The van der Waals surface area contributed by atoms with Crippen LogP contribution < -0.4 is 4.74 Å². The molecule has 0 spiro atoms. The number of ether oxygens (including phenoxy) is 1. The maximum absolute atomic E-state index is 12.5.